The SMILES string of the molecule is CCCCCCCCCCCCOc1cc(CC(=O)Nc2ccc(-c3scc[n+]3CC)cc2)ccc1Cl. The van der Waals surface area contributed by atoms with Crippen LogP contribution in [0.25, 0.3) is 10.6 Å². The van der Waals surface area contributed by atoms with Crippen molar-refractivity contribution in [1.29, 1.82) is 0 Å². The Balaban J connectivity index is 1.38. The average molecular weight is 542 g/mol. The Morgan fingerprint density at radius 1 is 0.919 bits per heavy atom. The number of hydrogen-bond acceptors (Lipinski definition) is 3. The van der Waals surface area contributed by atoms with Crippen LogP contribution in [0.3, 0.4) is 0 Å². The molecular formula is C31H42ClN2O2S+. The predicted octanol–water partition coefficient (Wildman–Crippen LogP) is 8.86. The monoisotopic (exact) mass is 541 g/mol. The minimum absolute atomic E-state index is 0.0598. The maximum atomic E-state index is 12.7. The number of hydrogen-bond donors (Lipinski definition) is 1. The summed E-state index contributed by atoms with van der Waals surface area (Å²) in [6.45, 7) is 5.98. The molecule has 37 heavy (non-hydrogen) atoms. The Morgan fingerprint density at radius 2 is 1.59 bits per heavy atom. The van der Waals surface area contributed by atoms with E-state index in [0.717, 1.165) is 29.8 Å². The van der Waals surface area contributed by atoms with Crippen LogP contribution in [0, 0.1) is 0 Å². The molecule has 3 rings (SSSR count). The largest absolute Gasteiger partial charge is 0.492 e. The van der Waals surface area contributed by atoms with Crippen LogP contribution in [0.4, 0.5) is 5.69 Å². The maximum absolute atomic E-state index is 12.7. The van der Waals surface area contributed by atoms with Gasteiger partial charge in [-0.25, -0.2) is 0 Å². The molecule has 1 heterocycles. The minimum Gasteiger partial charge on any atom is -0.492 e. The third kappa shape index (κ3) is 10.1. The number of halogens is 1. The lowest BCUT2D eigenvalue weighted by Gasteiger charge is -2.11. The number of nitrogens with one attached hydrogen (secondary N) is 1. The normalized spacial score (nSPS) is 11.0. The summed E-state index contributed by atoms with van der Waals surface area (Å²) in [5.74, 6) is 0.600. The van der Waals surface area contributed by atoms with E-state index in [0.29, 0.717) is 17.4 Å². The van der Waals surface area contributed by atoms with Crippen molar-refractivity contribution in [3.05, 3.63) is 64.6 Å². The zero-order valence-electron chi connectivity index (χ0n) is 22.4. The summed E-state index contributed by atoms with van der Waals surface area (Å²) in [7, 11) is 0. The quantitative estimate of drug-likeness (QED) is 0.137. The molecule has 0 aliphatic heterocycles. The Bertz CT molecular complexity index is 1080. The van der Waals surface area contributed by atoms with Crippen molar-refractivity contribution in [1.82, 2.24) is 0 Å². The van der Waals surface area contributed by atoms with Crippen molar-refractivity contribution >= 4 is 34.5 Å². The van der Waals surface area contributed by atoms with Gasteiger partial charge in [0.05, 0.1) is 29.0 Å². The van der Waals surface area contributed by atoms with Crippen LogP contribution in [-0.2, 0) is 17.8 Å². The molecule has 0 atom stereocenters. The number of ether oxygens (including phenoxy) is 1. The summed E-state index contributed by atoms with van der Waals surface area (Å²) in [5.41, 5.74) is 2.83. The third-order valence-corrected chi connectivity index (χ3v) is 7.82. The molecule has 0 unspecified atom stereocenters. The number of unbranched alkanes of at least 4 members (excludes halogenated alkanes) is 9. The fraction of sp³-hybridized carbons (Fsp3) is 0.484. The van der Waals surface area contributed by atoms with Gasteiger partial charge in [0.2, 0.25) is 5.91 Å². The van der Waals surface area contributed by atoms with Crippen LogP contribution in [0.1, 0.15) is 83.6 Å². The molecular weight excluding hydrogens is 500 g/mol. The van der Waals surface area contributed by atoms with Crippen LogP contribution in [0.15, 0.2) is 54.0 Å². The smallest absolute Gasteiger partial charge is 0.268 e. The van der Waals surface area contributed by atoms with Crippen LogP contribution in [0.2, 0.25) is 5.02 Å². The molecule has 0 saturated heterocycles. The first kappa shape index (κ1) is 29.2. The highest BCUT2D eigenvalue weighted by molar-refractivity contribution is 7.12. The van der Waals surface area contributed by atoms with E-state index in [1.165, 1.54) is 62.8 Å². The Hall–Kier alpha value is -2.37. The summed E-state index contributed by atoms with van der Waals surface area (Å²) in [6, 6.07) is 13.6. The van der Waals surface area contributed by atoms with Gasteiger partial charge in [0, 0.05) is 5.69 Å². The molecule has 200 valence electrons. The maximum Gasteiger partial charge on any atom is 0.268 e. The minimum atomic E-state index is -0.0598. The van der Waals surface area contributed by atoms with Gasteiger partial charge in [-0.1, -0.05) is 93.7 Å². The van der Waals surface area contributed by atoms with E-state index in [1.54, 1.807) is 11.3 Å². The van der Waals surface area contributed by atoms with Gasteiger partial charge in [-0.05, 0) is 55.3 Å². The van der Waals surface area contributed by atoms with Crippen LogP contribution < -0.4 is 14.6 Å². The number of carbonyl (C=O) groups is 1. The highest BCUT2D eigenvalue weighted by atomic mass is 35.5. The first-order valence-corrected chi connectivity index (χ1v) is 15.1. The average Bonchev–Trinajstić information content (AvgIpc) is 3.38. The lowest BCUT2D eigenvalue weighted by molar-refractivity contribution is -0.678. The molecule has 0 bridgehead atoms. The number of anilines is 1. The topological polar surface area (TPSA) is 42.2 Å². The summed E-state index contributed by atoms with van der Waals surface area (Å²) in [4.78, 5) is 12.7. The van der Waals surface area contributed by atoms with Gasteiger partial charge in [-0.2, -0.15) is 4.57 Å². The highest BCUT2D eigenvalue weighted by Crippen LogP contribution is 2.27. The molecule has 0 fully saturated rings. The van der Waals surface area contributed by atoms with E-state index in [2.05, 4.69) is 47.4 Å². The second-order valence-corrected chi connectivity index (χ2v) is 10.9. The number of aromatic nitrogens is 1. The molecule has 0 aliphatic rings. The van der Waals surface area contributed by atoms with Gasteiger partial charge in [0.1, 0.15) is 12.3 Å². The van der Waals surface area contributed by atoms with Crippen LogP contribution >= 0.6 is 22.9 Å². The Labute approximate surface area is 232 Å². The standard InChI is InChI=1S/C31H41ClN2O2S/c1-3-5-6-7-8-9-10-11-12-13-21-36-29-23-25(14-19-28(29)32)24-30(35)33-27-17-15-26(16-18-27)31-34(4-2)20-22-37-31/h14-20,22-23H,3-13,21,24H2,1-2H3/p+1. The molecule has 4 nitrogen and oxygen atoms in total. The first-order chi connectivity index (χ1) is 18.1. The Morgan fingerprint density at radius 3 is 2.27 bits per heavy atom. The van der Waals surface area contributed by atoms with Gasteiger partial charge < -0.3 is 10.1 Å². The molecule has 1 amide bonds. The summed E-state index contributed by atoms with van der Waals surface area (Å²) < 4.78 is 8.17. The van der Waals surface area contributed by atoms with Gasteiger partial charge in [-0.15, -0.1) is 0 Å². The lowest BCUT2D eigenvalue weighted by atomic mass is 10.1. The number of thiazole rings is 1. The fourth-order valence-electron chi connectivity index (χ4n) is 4.41. The molecule has 0 saturated carbocycles. The van der Waals surface area contributed by atoms with Crippen molar-refractivity contribution in [3.63, 3.8) is 0 Å². The molecule has 3 aromatic rings. The van der Waals surface area contributed by atoms with Crippen LogP contribution in [-0.4, -0.2) is 12.5 Å². The second kappa shape index (κ2) is 16.5. The van der Waals surface area contributed by atoms with Crippen LogP contribution in [0.5, 0.6) is 5.75 Å². The number of amides is 1. The van der Waals surface area contributed by atoms with Crippen molar-refractivity contribution in [2.75, 3.05) is 11.9 Å². The van der Waals surface area contributed by atoms with E-state index in [9.17, 15) is 4.79 Å². The van der Waals surface area contributed by atoms with E-state index >= 15 is 0 Å². The van der Waals surface area contributed by atoms with Gasteiger partial charge in [0.25, 0.3) is 5.01 Å². The number of benzene rings is 2. The number of nitrogens with zero attached hydrogens (tertiary/aromatic N) is 1. The predicted molar refractivity (Wildman–Crippen MR) is 157 cm³/mol. The number of rotatable bonds is 17. The summed E-state index contributed by atoms with van der Waals surface area (Å²) >= 11 is 8.07. The molecule has 1 N–H and O–H groups in total. The van der Waals surface area contributed by atoms with Crippen molar-refractivity contribution in [3.8, 4) is 16.3 Å². The van der Waals surface area contributed by atoms with E-state index in [-0.39, 0.29) is 12.3 Å². The Kier molecular flexibility index (Phi) is 13.0. The zero-order chi connectivity index (χ0) is 26.3. The zero-order valence-corrected chi connectivity index (χ0v) is 24.0. The van der Waals surface area contributed by atoms with E-state index in [1.807, 2.05) is 30.3 Å². The van der Waals surface area contributed by atoms with E-state index in [4.69, 9.17) is 16.3 Å². The second-order valence-electron chi connectivity index (χ2n) is 9.59. The number of aryl methyl sites for hydroxylation is 1. The highest BCUT2D eigenvalue weighted by Gasteiger charge is 2.14. The summed E-state index contributed by atoms with van der Waals surface area (Å²) in [5, 5.41) is 6.90. The van der Waals surface area contributed by atoms with Gasteiger partial charge in [-0.3, -0.25) is 4.79 Å². The number of carbonyl (C=O) groups excluding carboxylic acids is 1. The van der Waals surface area contributed by atoms with Crippen molar-refractivity contribution in [2.24, 2.45) is 0 Å². The van der Waals surface area contributed by atoms with Gasteiger partial charge in [0.15, 0.2) is 6.20 Å². The third-order valence-electron chi connectivity index (χ3n) is 6.55. The first-order valence-electron chi connectivity index (χ1n) is 13.9. The van der Waals surface area contributed by atoms with Crippen molar-refractivity contribution in [2.45, 2.75) is 91.0 Å². The summed E-state index contributed by atoms with van der Waals surface area (Å²) in [6.07, 6.45) is 15.3. The fourth-order valence-corrected chi connectivity index (χ4v) is 5.52. The molecule has 0 aliphatic carbocycles. The lowest BCUT2D eigenvalue weighted by Crippen LogP contribution is -2.31. The van der Waals surface area contributed by atoms with Crippen molar-refractivity contribution < 1.29 is 14.1 Å². The molecule has 0 spiro atoms. The molecule has 6 heteroatoms. The molecule has 1 aromatic heterocycles. The molecule has 0 radical (unpaired) electrons. The van der Waals surface area contributed by atoms with Gasteiger partial charge >= 0.3 is 0 Å². The van der Waals surface area contributed by atoms with E-state index < -0.39 is 0 Å². The molecule has 2 aromatic carbocycles.